The van der Waals surface area contributed by atoms with Gasteiger partial charge in [-0.25, -0.2) is 0 Å². The summed E-state index contributed by atoms with van der Waals surface area (Å²) in [7, 11) is 3.09. The van der Waals surface area contributed by atoms with E-state index in [1.807, 2.05) is 25.1 Å². The molecule has 2 N–H and O–H groups in total. The van der Waals surface area contributed by atoms with Crippen molar-refractivity contribution in [2.24, 2.45) is 4.99 Å². The van der Waals surface area contributed by atoms with Gasteiger partial charge in [-0.15, -0.1) is 0 Å². The van der Waals surface area contributed by atoms with Crippen molar-refractivity contribution in [1.82, 2.24) is 10.6 Å². The molecule has 0 amide bonds. The Balaban J connectivity index is 1.88. The molecule has 1 aliphatic rings. The first-order valence-electron chi connectivity index (χ1n) is 9.77. The highest BCUT2D eigenvalue weighted by molar-refractivity contribution is 6.30. The van der Waals surface area contributed by atoms with Crippen LogP contribution in [0.25, 0.3) is 0 Å². The Morgan fingerprint density at radius 2 is 2.18 bits per heavy atom. The minimum Gasteiger partial charge on any atom is -0.495 e. The number of guanidine groups is 1. The first-order chi connectivity index (χ1) is 13.6. The van der Waals surface area contributed by atoms with E-state index >= 15 is 0 Å². The van der Waals surface area contributed by atoms with Crippen molar-refractivity contribution in [3.8, 4) is 5.75 Å². The van der Waals surface area contributed by atoms with Crippen molar-refractivity contribution in [3.05, 3.63) is 23.2 Å². The minimum absolute atomic E-state index is 0.170. The summed E-state index contributed by atoms with van der Waals surface area (Å²) >= 11 is 6.17. The molecular weight excluding hydrogens is 380 g/mol. The highest BCUT2D eigenvalue weighted by Gasteiger charge is 2.25. The van der Waals surface area contributed by atoms with Crippen LogP contribution in [0.15, 0.2) is 23.2 Å². The summed E-state index contributed by atoms with van der Waals surface area (Å²) in [6.07, 6.45) is 3.07. The van der Waals surface area contributed by atoms with Gasteiger partial charge in [0.25, 0.3) is 0 Å². The summed E-state index contributed by atoms with van der Waals surface area (Å²) < 4.78 is 10.1. The second-order valence-electron chi connectivity index (χ2n) is 6.69. The lowest BCUT2D eigenvalue weighted by Gasteiger charge is -2.22. The number of esters is 1. The lowest BCUT2D eigenvalue weighted by molar-refractivity contribution is -0.140. The number of aliphatic imine (C=N–C) groups is 1. The van der Waals surface area contributed by atoms with Crippen molar-refractivity contribution in [3.63, 3.8) is 0 Å². The average Bonchev–Trinajstić information content (AvgIpc) is 3.15. The summed E-state index contributed by atoms with van der Waals surface area (Å²) in [5.41, 5.74) is 1.02. The van der Waals surface area contributed by atoms with Crippen molar-refractivity contribution >= 4 is 29.2 Å². The van der Waals surface area contributed by atoms with Gasteiger partial charge in [-0.05, 0) is 44.4 Å². The molecule has 2 rings (SSSR count). The zero-order valence-electron chi connectivity index (χ0n) is 17.0. The van der Waals surface area contributed by atoms with E-state index in [2.05, 4.69) is 25.3 Å². The van der Waals surface area contributed by atoms with Crippen LogP contribution in [0.1, 0.15) is 32.6 Å². The Morgan fingerprint density at radius 3 is 2.89 bits per heavy atom. The summed E-state index contributed by atoms with van der Waals surface area (Å²) in [6.45, 7) is 5.29. The van der Waals surface area contributed by atoms with Crippen LogP contribution in [-0.4, -0.2) is 58.4 Å². The topological polar surface area (TPSA) is 75.2 Å². The van der Waals surface area contributed by atoms with E-state index in [1.165, 1.54) is 7.11 Å². The number of methoxy groups -OCH3 is 2. The number of unbranched alkanes of at least 4 members (excludes halogenated alkanes) is 1. The predicted octanol–water partition coefficient (Wildman–Crippen LogP) is 2.83. The molecule has 0 bridgehead atoms. The SMILES string of the molecule is CCNC(=NCCCCC(=O)OC)NC1CCN(c2cc(Cl)ccc2OC)C1. The molecule has 1 atom stereocenters. The number of carbonyl (C=O) groups is 1. The number of rotatable bonds is 9. The molecule has 0 aliphatic carbocycles. The van der Waals surface area contributed by atoms with E-state index in [0.29, 0.717) is 18.0 Å². The van der Waals surface area contributed by atoms with E-state index in [1.54, 1.807) is 7.11 Å². The third kappa shape index (κ3) is 6.78. The number of anilines is 1. The van der Waals surface area contributed by atoms with Crippen LogP contribution in [0.3, 0.4) is 0 Å². The second kappa shape index (κ2) is 11.6. The fourth-order valence-corrected chi connectivity index (χ4v) is 3.36. The van der Waals surface area contributed by atoms with Gasteiger partial charge >= 0.3 is 5.97 Å². The molecule has 1 heterocycles. The molecule has 1 unspecified atom stereocenters. The van der Waals surface area contributed by atoms with Gasteiger partial charge in [-0.3, -0.25) is 9.79 Å². The summed E-state index contributed by atoms with van der Waals surface area (Å²) in [4.78, 5) is 18.1. The van der Waals surface area contributed by atoms with Crippen LogP contribution in [0.4, 0.5) is 5.69 Å². The smallest absolute Gasteiger partial charge is 0.305 e. The van der Waals surface area contributed by atoms with Crippen LogP contribution in [0, 0.1) is 0 Å². The Morgan fingerprint density at radius 1 is 1.36 bits per heavy atom. The molecule has 156 valence electrons. The van der Waals surface area contributed by atoms with Gasteiger partial charge in [0, 0.05) is 43.7 Å². The monoisotopic (exact) mass is 410 g/mol. The van der Waals surface area contributed by atoms with Crippen LogP contribution >= 0.6 is 11.6 Å². The summed E-state index contributed by atoms with van der Waals surface area (Å²) in [5, 5.41) is 7.50. The molecule has 8 heteroatoms. The first-order valence-corrected chi connectivity index (χ1v) is 10.1. The summed E-state index contributed by atoms with van der Waals surface area (Å²) in [6, 6.07) is 5.98. The molecule has 7 nitrogen and oxygen atoms in total. The van der Waals surface area contributed by atoms with E-state index in [-0.39, 0.29) is 12.0 Å². The standard InChI is InChI=1S/C20H31ClN4O3/c1-4-22-20(23-11-6-5-7-19(26)28-3)24-16-10-12-25(14-16)17-13-15(21)8-9-18(17)27-2/h8-9,13,16H,4-7,10-12,14H2,1-3H3,(H2,22,23,24). The Kier molecular flexibility index (Phi) is 9.20. The molecule has 28 heavy (non-hydrogen) atoms. The fraction of sp³-hybridized carbons (Fsp3) is 0.600. The Bertz CT molecular complexity index is 669. The average molecular weight is 411 g/mol. The molecule has 1 aromatic carbocycles. The normalized spacial score (nSPS) is 16.8. The molecule has 0 aromatic heterocycles. The van der Waals surface area contributed by atoms with Gasteiger partial charge in [0.2, 0.25) is 0 Å². The molecule has 0 saturated carbocycles. The van der Waals surface area contributed by atoms with Crippen LogP contribution in [-0.2, 0) is 9.53 Å². The van der Waals surface area contributed by atoms with E-state index < -0.39 is 0 Å². The van der Waals surface area contributed by atoms with Gasteiger partial charge in [0.1, 0.15) is 5.75 Å². The molecule has 1 aromatic rings. The van der Waals surface area contributed by atoms with E-state index in [4.69, 9.17) is 16.3 Å². The van der Waals surface area contributed by atoms with Gasteiger partial charge in [0.15, 0.2) is 5.96 Å². The minimum atomic E-state index is -0.170. The quantitative estimate of drug-likeness (QED) is 0.282. The Hall–Kier alpha value is -2.15. The highest BCUT2D eigenvalue weighted by atomic mass is 35.5. The largest absolute Gasteiger partial charge is 0.495 e. The lowest BCUT2D eigenvalue weighted by atomic mass is 10.2. The van der Waals surface area contributed by atoms with Crippen molar-refractivity contribution < 1.29 is 14.3 Å². The van der Waals surface area contributed by atoms with Crippen molar-refractivity contribution in [1.29, 1.82) is 0 Å². The number of nitrogens with zero attached hydrogens (tertiary/aromatic N) is 2. The van der Waals surface area contributed by atoms with E-state index in [9.17, 15) is 4.79 Å². The maximum atomic E-state index is 11.2. The summed E-state index contributed by atoms with van der Waals surface area (Å²) in [5.74, 6) is 1.47. The number of hydrogen-bond donors (Lipinski definition) is 2. The van der Waals surface area contributed by atoms with Gasteiger partial charge < -0.3 is 25.0 Å². The molecular formula is C20H31ClN4O3. The van der Waals surface area contributed by atoms with Crippen molar-refractivity contribution in [2.45, 2.75) is 38.6 Å². The molecule has 1 saturated heterocycles. The zero-order valence-corrected chi connectivity index (χ0v) is 17.7. The molecule has 1 aliphatic heterocycles. The number of halogens is 1. The number of nitrogens with one attached hydrogen (secondary N) is 2. The van der Waals surface area contributed by atoms with Crippen LogP contribution < -0.4 is 20.3 Å². The highest BCUT2D eigenvalue weighted by Crippen LogP contribution is 2.33. The van der Waals surface area contributed by atoms with Crippen molar-refractivity contribution in [2.75, 3.05) is 45.3 Å². The number of ether oxygens (including phenoxy) is 2. The zero-order chi connectivity index (χ0) is 20.4. The first kappa shape index (κ1) is 22.1. The fourth-order valence-electron chi connectivity index (χ4n) is 3.19. The molecule has 0 spiro atoms. The van der Waals surface area contributed by atoms with Gasteiger partial charge in [0.05, 0.1) is 19.9 Å². The van der Waals surface area contributed by atoms with Gasteiger partial charge in [-0.1, -0.05) is 11.6 Å². The van der Waals surface area contributed by atoms with E-state index in [0.717, 1.165) is 56.3 Å². The lowest BCUT2D eigenvalue weighted by Crippen LogP contribution is -2.44. The Labute approximate surface area is 172 Å². The predicted molar refractivity (Wildman–Crippen MR) is 114 cm³/mol. The maximum Gasteiger partial charge on any atom is 0.305 e. The van der Waals surface area contributed by atoms with Crippen LogP contribution in [0.5, 0.6) is 5.75 Å². The second-order valence-corrected chi connectivity index (χ2v) is 7.12. The number of benzene rings is 1. The number of hydrogen-bond acceptors (Lipinski definition) is 5. The third-order valence-electron chi connectivity index (χ3n) is 4.64. The third-order valence-corrected chi connectivity index (χ3v) is 4.88. The van der Waals surface area contributed by atoms with Gasteiger partial charge in [-0.2, -0.15) is 0 Å². The number of carbonyl (C=O) groups excluding carboxylic acids is 1. The van der Waals surface area contributed by atoms with Crippen LogP contribution in [0.2, 0.25) is 5.02 Å². The molecule has 1 fully saturated rings. The molecule has 0 radical (unpaired) electrons. The maximum absolute atomic E-state index is 11.2.